The summed E-state index contributed by atoms with van der Waals surface area (Å²) < 4.78 is 0. The van der Waals surface area contributed by atoms with E-state index in [0.717, 1.165) is 55.6 Å². The number of aromatic amines is 1. The number of H-pyrrole nitrogens is 1. The second-order valence-electron chi connectivity index (χ2n) is 7.21. The highest BCUT2D eigenvalue weighted by Gasteiger charge is 2.28. The van der Waals surface area contributed by atoms with Gasteiger partial charge in [-0.15, -0.1) is 0 Å². The van der Waals surface area contributed by atoms with E-state index in [1.54, 1.807) is 0 Å². The Hall–Kier alpha value is -2.04. The Balaban J connectivity index is 1.42. The van der Waals surface area contributed by atoms with Crippen molar-refractivity contribution < 1.29 is 4.79 Å². The van der Waals surface area contributed by atoms with Crippen LogP contribution in [0.25, 0.3) is 11.0 Å². The summed E-state index contributed by atoms with van der Waals surface area (Å²) in [6.07, 6.45) is 8.19. The molecule has 0 radical (unpaired) electrons. The predicted octanol–water partition coefficient (Wildman–Crippen LogP) is 3.78. The quantitative estimate of drug-likeness (QED) is 0.882. The number of hydrogen-bond acceptors (Lipinski definition) is 2. The third kappa shape index (κ3) is 3.25. The van der Waals surface area contributed by atoms with Crippen LogP contribution in [0.1, 0.15) is 56.7 Å². The van der Waals surface area contributed by atoms with Gasteiger partial charge < -0.3 is 15.2 Å². The molecule has 0 bridgehead atoms. The van der Waals surface area contributed by atoms with E-state index in [0.29, 0.717) is 12.0 Å². The number of amides is 2. The van der Waals surface area contributed by atoms with E-state index in [-0.39, 0.29) is 6.03 Å². The summed E-state index contributed by atoms with van der Waals surface area (Å²) in [5.74, 6) is 1.33. The van der Waals surface area contributed by atoms with Crippen LogP contribution in [0.5, 0.6) is 0 Å². The minimum Gasteiger partial charge on any atom is -0.342 e. The van der Waals surface area contributed by atoms with Crippen LogP contribution in [-0.4, -0.2) is 40.0 Å². The molecule has 1 aromatic heterocycles. The molecule has 5 heteroatoms. The molecule has 1 aromatic carbocycles. The zero-order valence-electron chi connectivity index (χ0n) is 14.1. The van der Waals surface area contributed by atoms with E-state index in [2.05, 4.69) is 16.4 Å². The largest absolute Gasteiger partial charge is 0.342 e. The number of rotatable bonds is 2. The van der Waals surface area contributed by atoms with Crippen molar-refractivity contribution in [1.29, 1.82) is 0 Å². The average Bonchev–Trinajstić information content (AvgIpc) is 3.07. The van der Waals surface area contributed by atoms with E-state index >= 15 is 0 Å². The summed E-state index contributed by atoms with van der Waals surface area (Å²) in [6.45, 7) is 1.62. The molecule has 4 rings (SSSR count). The van der Waals surface area contributed by atoms with Crippen LogP contribution in [0.2, 0.25) is 0 Å². The molecule has 2 aromatic rings. The number of likely N-dealkylation sites (tertiary alicyclic amines) is 1. The number of carbonyl (C=O) groups is 1. The maximum absolute atomic E-state index is 12.6. The maximum atomic E-state index is 12.6. The second kappa shape index (κ2) is 6.83. The Kier molecular flexibility index (Phi) is 4.41. The first-order valence-electron chi connectivity index (χ1n) is 9.30. The molecule has 24 heavy (non-hydrogen) atoms. The van der Waals surface area contributed by atoms with Crippen LogP contribution < -0.4 is 5.32 Å². The van der Waals surface area contributed by atoms with Gasteiger partial charge >= 0.3 is 6.03 Å². The van der Waals surface area contributed by atoms with Crippen LogP contribution in [0.15, 0.2) is 24.3 Å². The van der Waals surface area contributed by atoms with Crippen molar-refractivity contribution in [1.82, 2.24) is 20.2 Å². The molecule has 2 aliphatic rings. The highest BCUT2D eigenvalue weighted by Crippen LogP contribution is 2.27. The molecule has 1 aliphatic carbocycles. The topological polar surface area (TPSA) is 61.0 Å². The molecule has 1 aliphatic heterocycles. The zero-order chi connectivity index (χ0) is 16.4. The molecule has 1 atom stereocenters. The Bertz CT molecular complexity index is 671. The average molecular weight is 326 g/mol. The second-order valence-corrected chi connectivity index (χ2v) is 7.21. The van der Waals surface area contributed by atoms with Crippen LogP contribution in [0.3, 0.4) is 0 Å². The van der Waals surface area contributed by atoms with E-state index in [4.69, 9.17) is 4.98 Å². The third-order valence-corrected chi connectivity index (χ3v) is 5.44. The first-order valence-corrected chi connectivity index (χ1v) is 9.30. The summed E-state index contributed by atoms with van der Waals surface area (Å²) in [6, 6.07) is 8.61. The number of urea groups is 1. The van der Waals surface area contributed by atoms with Crippen molar-refractivity contribution in [2.75, 3.05) is 13.1 Å². The molecule has 5 nitrogen and oxygen atoms in total. The van der Waals surface area contributed by atoms with Crippen LogP contribution >= 0.6 is 0 Å². The summed E-state index contributed by atoms with van der Waals surface area (Å²) in [5, 5.41) is 3.24. The van der Waals surface area contributed by atoms with Crippen molar-refractivity contribution in [2.45, 2.75) is 56.9 Å². The van der Waals surface area contributed by atoms with Crippen molar-refractivity contribution in [3.63, 3.8) is 0 Å². The van der Waals surface area contributed by atoms with E-state index in [1.165, 1.54) is 19.3 Å². The van der Waals surface area contributed by atoms with E-state index in [1.807, 2.05) is 23.1 Å². The van der Waals surface area contributed by atoms with Gasteiger partial charge in [-0.3, -0.25) is 0 Å². The van der Waals surface area contributed by atoms with Gasteiger partial charge in [0.15, 0.2) is 0 Å². The monoisotopic (exact) mass is 326 g/mol. The summed E-state index contributed by atoms with van der Waals surface area (Å²) >= 11 is 0. The molecule has 1 saturated heterocycles. The lowest BCUT2D eigenvalue weighted by Gasteiger charge is -2.34. The number of hydrogen-bond donors (Lipinski definition) is 2. The van der Waals surface area contributed by atoms with Gasteiger partial charge in [-0.05, 0) is 37.8 Å². The Morgan fingerprint density at radius 2 is 1.96 bits per heavy atom. The lowest BCUT2D eigenvalue weighted by atomic mass is 9.95. The van der Waals surface area contributed by atoms with Crippen molar-refractivity contribution >= 4 is 17.1 Å². The number of benzene rings is 1. The number of carbonyl (C=O) groups excluding carboxylic acids is 1. The van der Waals surface area contributed by atoms with Gasteiger partial charge in [0, 0.05) is 25.0 Å². The van der Waals surface area contributed by atoms with Gasteiger partial charge in [-0.2, -0.15) is 0 Å². The Morgan fingerprint density at radius 3 is 2.79 bits per heavy atom. The number of piperidine rings is 1. The molecular weight excluding hydrogens is 300 g/mol. The number of nitrogens with one attached hydrogen (secondary N) is 2. The lowest BCUT2D eigenvalue weighted by Crippen LogP contribution is -2.48. The van der Waals surface area contributed by atoms with E-state index in [9.17, 15) is 4.79 Å². The fourth-order valence-corrected chi connectivity index (χ4v) is 4.06. The zero-order valence-corrected chi connectivity index (χ0v) is 14.1. The number of imidazole rings is 1. The lowest BCUT2D eigenvalue weighted by molar-refractivity contribution is 0.172. The molecule has 2 heterocycles. The smallest absolute Gasteiger partial charge is 0.317 e. The van der Waals surface area contributed by atoms with Crippen molar-refractivity contribution in [2.24, 2.45) is 0 Å². The minimum atomic E-state index is 0.114. The van der Waals surface area contributed by atoms with Crippen LogP contribution in [-0.2, 0) is 0 Å². The Morgan fingerprint density at radius 1 is 1.12 bits per heavy atom. The molecule has 0 spiro atoms. The number of para-hydroxylation sites is 2. The third-order valence-electron chi connectivity index (χ3n) is 5.44. The molecule has 2 N–H and O–H groups in total. The summed E-state index contributed by atoms with van der Waals surface area (Å²) in [5.41, 5.74) is 2.09. The van der Waals surface area contributed by atoms with Gasteiger partial charge in [0.25, 0.3) is 0 Å². The number of aromatic nitrogens is 2. The van der Waals surface area contributed by atoms with Gasteiger partial charge in [-0.25, -0.2) is 9.78 Å². The normalized spacial score (nSPS) is 22.7. The highest BCUT2D eigenvalue weighted by atomic mass is 16.2. The van der Waals surface area contributed by atoms with Gasteiger partial charge in [0.2, 0.25) is 0 Å². The van der Waals surface area contributed by atoms with E-state index < -0.39 is 0 Å². The first-order chi connectivity index (χ1) is 11.8. The van der Waals surface area contributed by atoms with Gasteiger partial charge in [-0.1, -0.05) is 31.4 Å². The molecule has 0 unspecified atom stereocenters. The number of nitrogens with zero attached hydrogens (tertiary/aromatic N) is 2. The molecule has 128 valence electrons. The fraction of sp³-hybridized carbons (Fsp3) is 0.579. The Labute approximate surface area is 142 Å². The number of fused-ring (bicyclic) bond motifs is 1. The van der Waals surface area contributed by atoms with Crippen LogP contribution in [0, 0.1) is 0 Å². The maximum Gasteiger partial charge on any atom is 0.317 e. The molecule has 1 saturated carbocycles. The standard InChI is InChI=1S/C19H26N4O/c24-19(20-15-8-2-1-3-9-15)23-12-6-7-14(13-23)18-21-16-10-4-5-11-17(16)22-18/h4-5,10-11,14-15H,1-3,6-9,12-13H2,(H,20,24)(H,21,22)/t14-/m1/s1. The fourth-order valence-electron chi connectivity index (χ4n) is 4.06. The van der Waals surface area contributed by atoms with Crippen LogP contribution in [0.4, 0.5) is 4.79 Å². The highest BCUT2D eigenvalue weighted by molar-refractivity contribution is 5.76. The summed E-state index contributed by atoms with van der Waals surface area (Å²) in [7, 11) is 0. The molecular formula is C19H26N4O. The first kappa shape index (κ1) is 15.5. The molecule has 2 amide bonds. The van der Waals surface area contributed by atoms with Gasteiger partial charge in [0.1, 0.15) is 5.82 Å². The molecule has 2 fully saturated rings. The predicted molar refractivity (Wildman–Crippen MR) is 95.0 cm³/mol. The van der Waals surface area contributed by atoms with Crippen molar-refractivity contribution in [3.05, 3.63) is 30.1 Å². The minimum absolute atomic E-state index is 0.114. The SMILES string of the molecule is O=C(NC1CCCCC1)N1CCC[C@@H](c2nc3ccccc3[nH]2)C1. The van der Waals surface area contributed by atoms with Crippen molar-refractivity contribution in [3.8, 4) is 0 Å². The van der Waals surface area contributed by atoms with Gasteiger partial charge in [0.05, 0.1) is 11.0 Å². The summed E-state index contributed by atoms with van der Waals surface area (Å²) in [4.78, 5) is 22.8.